The first kappa shape index (κ1) is 12.3. The number of hydrogen-bond acceptors (Lipinski definition) is 2. The van der Waals surface area contributed by atoms with Gasteiger partial charge in [0.15, 0.2) is 0 Å². The van der Waals surface area contributed by atoms with Gasteiger partial charge in [0.25, 0.3) is 0 Å². The van der Waals surface area contributed by atoms with Crippen LogP contribution in [0.25, 0.3) is 0 Å². The normalized spacial score (nSPS) is 11.2. The van der Waals surface area contributed by atoms with E-state index in [1.807, 2.05) is 36.4 Å². The fraction of sp³-hybridized carbons (Fsp3) is 0. The zero-order chi connectivity index (χ0) is 11.2. The number of rotatable bonds is 4. The summed E-state index contributed by atoms with van der Waals surface area (Å²) < 4.78 is 18.7. The molecular weight excluding hydrogens is 430 g/mol. The zero-order valence-electron chi connectivity index (χ0n) is 8.35. The van der Waals surface area contributed by atoms with Gasteiger partial charge in [-0.25, -0.2) is 0 Å². The van der Waals surface area contributed by atoms with Crippen molar-refractivity contribution < 1.29 is 26.9 Å². The quantitative estimate of drug-likeness (QED) is 0.598. The Balaban J connectivity index is 2.31. The van der Waals surface area contributed by atoms with Gasteiger partial charge in [0.1, 0.15) is 0 Å². The standard InChI is InChI=1S/C12H10I2O2/c15-13-16-14(11-7-3-1-4-8-11)12-9-5-2-6-10-12/h1-10H. The Bertz CT molecular complexity index is 380. The Morgan fingerprint density at radius 2 is 1.25 bits per heavy atom. The summed E-state index contributed by atoms with van der Waals surface area (Å²) >= 11 is -3.27. The molecule has 2 rings (SSSR count). The maximum absolute atomic E-state index is 10.8. The molecule has 0 saturated carbocycles. The second-order valence-electron chi connectivity index (χ2n) is 2.96. The molecule has 0 aliphatic rings. The van der Waals surface area contributed by atoms with E-state index in [0.717, 1.165) is 0 Å². The SMILES string of the molecule is [O-][I+]OI(c1ccccc1)c1ccccc1. The second-order valence-corrected chi connectivity index (χ2v) is 9.80. The van der Waals surface area contributed by atoms with Crippen LogP contribution >= 0.6 is 20.2 Å². The monoisotopic (exact) mass is 440 g/mol. The summed E-state index contributed by atoms with van der Waals surface area (Å²) in [5.41, 5.74) is 0. The molecule has 2 aromatic rings. The van der Waals surface area contributed by atoms with E-state index in [2.05, 4.69) is 24.3 Å². The summed E-state index contributed by atoms with van der Waals surface area (Å²) in [4.78, 5) is 0. The summed E-state index contributed by atoms with van der Waals surface area (Å²) in [7, 11) is 0. The molecule has 0 bridgehead atoms. The van der Waals surface area contributed by atoms with Gasteiger partial charge in [-0.1, -0.05) is 0 Å². The third-order valence-corrected chi connectivity index (χ3v) is 9.26. The van der Waals surface area contributed by atoms with Crippen LogP contribution in [0.3, 0.4) is 0 Å². The Morgan fingerprint density at radius 3 is 1.62 bits per heavy atom. The Kier molecular flexibility index (Phi) is 5.01. The predicted octanol–water partition coefficient (Wildman–Crippen LogP) is -0.557. The van der Waals surface area contributed by atoms with Gasteiger partial charge >= 0.3 is 115 Å². The molecule has 0 aromatic heterocycles. The van der Waals surface area contributed by atoms with Crippen LogP contribution in [0.5, 0.6) is 0 Å². The van der Waals surface area contributed by atoms with Crippen molar-refractivity contribution >= 4 is 20.2 Å². The van der Waals surface area contributed by atoms with Crippen LogP contribution < -0.4 is 25.5 Å². The molecule has 0 aliphatic carbocycles. The van der Waals surface area contributed by atoms with Gasteiger partial charge < -0.3 is 0 Å². The third-order valence-electron chi connectivity index (χ3n) is 1.94. The average Bonchev–Trinajstić information content (AvgIpc) is 2.38. The van der Waals surface area contributed by atoms with Gasteiger partial charge in [0, 0.05) is 0 Å². The van der Waals surface area contributed by atoms with E-state index in [-0.39, 0.29) is 0 Å². The Labute approximate surface area is 114 Å². The van der Waals surface area contributed by atoms with Crippen LogP contribution in [-0.4, -0.2) is 0 Å². The van der Waals surface area contributed by atoms with Crippen LogP contribution in [0.2, 0.25) is 0 Å². The molecule has 0 unspecified atom stereocenters. The van der Waals surface area contributed by atoms with Crippen molar-refractivity contribution in [1.82, 2.24) is 0 Å². The van der Waals surface area contributed by atoms with Gasteiger partial charge in [-0.05, 0) is 0 Å². The van der Waals surface area contributed by atoms with Crippen LogP contribution in [0, 0.1) is 7.14 Å². The fourth-order valence-electron chi connectivity index (χ4n) is 1.28. The topological polar surface area (TPSA) is 32.3 Å². The number of halogens is 2. The summed E-state index contributed by atoms with van der Waals surface area (Å²) in [5, 5.41) is 0. The van der Waals surface area contributed by atoms with Crippen molar-refractivity contribution in [3.05, 3.63) is 67.8 Å². The molecule has 2 nitrogen and oxygen atoms in total. The minimum atomic E-state index is -1.91. The van der Waals surface area contributed by atoms with E-state index in [4.69, 9.17) is 1.40 Å². The number of benzene rings is 2. The first-order valence-corrected chi connectivity index (χ1v) is 9.46. The van der Waals surface area contributed by atoms with Crippen molar-refractivity contribution in [3.63, 3.8) is 0 Å². The molecule has 84 valence electrons. The van der Waals surface area contributed by atoms with E-state index in [9.17, 15) is 3.44 Å². The molecule has 0 N–H and O–H groups in total. The molecule has 16 heavy (non-hydrogen) atoms. The van der Waals surface area contributed by atoms with Gasteiger partial charge in [-0.2, -0.15) is 0 Å². The summed E-state index contributed by atoms with van der Waals surface area (Å²) in [5.74, 6) is 0. The summed E-state index contributed by atoms with van der Waals surface area (Å²) in [6, 6.07) is 20.2. The Morgan fingerprint density at radius 1 is 0.812 bits per heavy atom. The zero-order valence-corrected chi connectivity index (χ0v) is 12.7. The molecule has 0 saturated heterocycles. The van der Waals surface area contributed by atoms with Crippen molar-refractivity contribution in [3.8, 4) is 0 Å². The molecule has 2 aromatic carbocycles. The average molecular weight is 440 g/mol. The van der Waals surface area contributed by atoms with E-state index in [0.29, 0.717) is 0 Å². The van der Waals surface area contributed by atoms with E-state index in [1.54, 1.807) is 0 Å². The predicted molar refractivity (Wildman–Crippen MR) is 65.4 cm³/mol. The molecule has 0 radical (unpaired) electrons. The molecular formula is C12H10I2O2. The minimum absolute atomic E-state index is 1.19. The first-order chi connectivity index (χ1) is 7.92. The fourth-order valence-corrected chi connectivity index (χ4v) is 8.14. The van der Waals surface area contributed by atoms with Crippen LogP contribution in [0.1, 0.15) is 0 Å². The van der Waals surface area contributed by atoms with Crippen molar-refractivity contribution in [2.75, 3.05) is 0 Å². The van der Waals surface area contributed by atoms with Gasteiger partial charge in [-0.3, -0.25) is 0 Å². The van der Waals surface area contributed by atoms with E-state index >= 15 is 0 Å². The molecule has 0 amide bonds. The van der Waals surface area contributed by atoms with E-state index in [1.165, 1.54) is 7.14 Å². The molecule has 0 spiro atoms. The number of hydrogen-bond donors (Lipinski definition) is 0. The van der Waals surface area contributed by atoms with Crippen LogP contribution in [-0.2, 0) is 1.40 Å². The molecule has 0 heterocycles. The molecule has 4 heteroatoms. The molecule has 0 fully saturated rings. The van der Waals surface area contributed by atoms with Gasteiger partial charge in [-0.15, -0.1) is 0 Å². The van der Waals surface area contributed by atoms with Crippen LogP contribution in [0.15, 0.2) is 60.7 Å². The molecule has 0 atom stereocenters. The Hall–Kier alpha value is -0.180. The summed E-state index contributed by atoms with van der Waals surface area (Å²) in [6.07, 6.45) is 0. The van der Waals surface area contributed by atoms with Crippen molar-refractivity contribution in [1.29, 1.82) is 0 Å². The van der Waals surface area contributed by atoms with E-state index < -0.39 is 42.3 Å². The van der Waals surface area contributed by atoms with Crippen molar-refractivity contribution in [2.24, 2.45) is 0 Å². The summed E-state index contributed by atoms with van der Waals surface area (Å²) in [6.45, 7) is 0. The third kappa shape index (κ3) is 3.16. The van der Waals surface area contributed by atoms with Crippen molar-refractivity contribution in [2.45, 2.75) is 0 Å². The first-order valence-electron chi connectivity index (χ1n) is 4.66. The van der Waals surface area contributed by atoms with Gasteiger partial charge in [0.2, 0.25) is 0 Å². The second kappa shape index (κ2) is 6.53. The molecule has 0 aliphatic heterocycles. The maximum atomic E-state index is 10.8. The van der Waals surface area contributed by atoms with Crippen LogP contribution in [0.4, 0.5) is 0 Å². The van der Waals surface area contributed by atoms with Gasteiger partial charge in [0.05, 0.1) is 0 Å².